The summed E-state index contributed by atoms with van der Waals surface area (Å²) in [5.74, 6) is 2.25. The van der Waals surface area contributed by atoms with Gasteiger partial charge < -0.3 is 18.4 Å². The second kappa shape index (κ2) is 7.78. The molecule has 10 heteroatoms. The van der Waals surface area contributed by atoms with Crippen LogP contribution in [0.4, 0.5) is 0 Å². The van der Waals surface area contributed by atoms with Gasteiger partial charge in [0.1, 0.15) is 13.2 Å². The highest BCUT2D eigenvalue weighted by Crippen LogP contribution is 2.33. The maximum Gasteiger partial charge on any atom is 0.243 e. The molecule has 4 heterocycles. The van der Waals surface area contributed by atoms with Crippen LogP contribution < -0.4 is 9.47 Å². The van der Waals surface area contributed by atoms with E-state index in [0.717, 1.165) is 5.69 Å². The molecule has 0 aliphatic carbocycles. The summed E-state index contributed by atoms with van der Waals surface area (Å²) in [5, 5.41) is 4.09. The molecular formula is C20H21N3O6S. The molecule has 0 unspecified atom stereocenters. The van der Waals surface area contributed by atoms with Crippen molar-refractivity contribution in [3.05, 3.63) is 48.4 Å². The van der Waals surface area contributed by atoms with Crippen molar-refractivity contribution in [3.63, 3.8) is 0 Å². The molecule has 1 fully saturated rings. The Labute approximate surface area is 173 Å². The van der Waals surface area contributed by atoms with Crippen molar-refractivity contribution in [2.24, 2.45) is 0 Å². The topological polar surface area (TPSA) is 98.3 Å². The summed E-state index contributed by atoms with van der Waals surface area (Å²) in [5.41, 5.74) is 0.782. The summed E-state index contributed by atoms with van der Waals surface area (Å²) in [4.78, 5) is 2.37. The Morgan fingerprint density at radius 2 is 1.73 bits per heavy atom. The van der Waals surface area contributed by atoms with Crippen molar-refractivity contribution in [3.8, 4) is 23.0 Å². The van der Waals surface area contributed by atoms with E-state index in [9.17, 15) is 8.42 Å². The normalized spacial score (nSPS) is 17.9. The zero-order chi connectivity index (χ0) is 20.6. The minimum Gasteiger partial charge on any atom is -0.486 e. The highest BCUT2D eigenvalue weighted by atomic mass is 32.2. The fraction of sp³-hybridized carbons (Fsp3) is 0.350. The summed E-state index contributed by atoms with van der Waals surface area (Å²) in [7, 11) is -3.59. The number of hydrogen-bond donors (Lipinski definition) is 0. The van der Waals surface area contributed by atoms with Gasteiger partial charge in [-0.2, -0.15) is 4.31 Å². The van der Waals surface area contributed by atoms with Gasteiger partial charge in [-0.1, -0.05) is 5.16 Å². The SMILES string of the molecule is O=S(=O)(c1ccc2c(c1)OCCO2)N1CCN(Cc2cc(-c3ccco3)on2)CC1. The second-order valence-electron chi connectivity index (χ2n) is 7.15. The predicted octanol–water partition coefficient (Wildman–Crippen LogP) is 2.21. The minimum atomic E-state index is -3.59. The molecule has 2 aliphatic heterocycles. The van der Waals surface area contributed by atoms with Gasteiger partial charge >= 0.3 is 0 Å². The van der Waals surface area contributed by atoms with Crippen LogP contribution in [0.5, 0.6) is 11.5 Å². The van der Waals surface area contributed by atoms with Crippen LogP contribution in [0.1, 0.15) is 5.69 Å². The number of aromatic nitrogens is 1. The van der Waals surface area contributed by atoms with Crippen molar-refractivity contribution in [2.45, 2.75) is 11.4 Å². The molecule has 0 bridgehead atoms. The molecular weight excluding hydrogens is 410 g/mol. The zero-order valence-electron chi connectivity index (χ0n) is 16.2. The molecule has 0 spiro atoms. The van der Waals surface area contributed by atoms with E-state index in [2.05, 4.69) is 10.1 Å². The summed E-state index contributed by atoms with van der Waals surface area (Å²) in [6.45, 7) is 3.48. The lowest BCUT2D eigenvalue weighted by Crippen LogP contribution is -2.48. The van der Waals surface area contributed by atoms with Crippen molar-refractivity contribution >= 4 is 10.0 Å². The lowest BCUT2D eigenvalue weighted by molar-refractivity contribution is 0.170. The molecule has 0 N–H and O–H groups in total. The largest absolute Gasteiger partial charge is 0.486 e. The Morgan fingerprint density at radius 3 is 2.50 bits per heavy atom. The number of hydrogen-bond acceptors (Lipinski definition) is 8. The molecule has 1 aromatic carbocycles. The van der Waals surface area contributed by atoms with Gasteiger partial charge in [-0.15, -0.1) is 0 Å². The first-order valence-corrected chi connectivity index (χ1v) is 11.2. The van der Waals surface area contributed by atoms with E-state index in [-0.39, 0.29) is 4.90 Å². The average molecular weight is 431 g/mol. The van der Waals surface area contributed by atoms with Crippen LogP contribution in [0, 0.1) is 0 Å². The van der Waals surface area contributed by atoms with E-state index < -0.39 is 10.0 Å². The van der Waals surface area contributed by atoms with Crippen molar-refractivity contribution in [1.82, 2.24) is 14.4 Å². The maximum atomic E-state index is 13.0. The summed E-state index contributed by atoms with van der Waals surface area (Å²) < 4.78 is 49.2. The average Bonchev–Trinajstić information content (AvgIpc) is 3.46. The fourth-order valence-corrected chi connectivity index (χ4v) is 5.05. The molecule has 30 heavy (non-hydrogen) atoms. The molecule has 0 atom stereocenters. The number of ether oxygens (including phenoxy) is 2. The molecule has 1 saturated heterocycles. The van der Waals surface area contributed by atoms with E-state index in [4.69, 9.17) is 18.4 Å². The standard InChI is InChI=1S/C20H21N3O6S/c24-30(25,16-3-4-18-19(13-16)28-11-10-27-18)23-7-5-22(6-8-23)14-15-12-20(29-21-15)17-2-1-9-26-17/h1-4,9,12-13H,5-8,10-11,14H2. The predicted molar refractivity (Wildman–Crippen MR) is 106 cm³/mol. The van der Waals surface area contributed by atoms with Gasteiger partial charge in [0.2, 0.25) is 15.8 Å². The van der Waals surface area contributed by atoms with E-state index in [0.29, 0.717) is 69.0 Å². The molecule has 158 valence electrons. The lowest BCUT2D eigenvalue weighted by Gasteiger charge is -2.33. The van der Waals surface area contributed by atoms with Gasteiger partial charge in [0.15, 0.2) is 17.3 Å². The third-order valence-electron chi connectivity index (χ3n) is 5.19. The molecule has 5 rings (SSSR count). The summed E-state index contributed by atoms with van der Waals surface area (Å²) in [6, 6.07) is 10.2. The van der Waals surface area contributed by atoms with E-state index in [1.54, 1.807) is 30.5 Å². The van der Waals surface area contributed by atoms with Gasteiger partial charge in [-0.25, -0.2) is 8.42 Å². The summed E-state index contributed by atoms with van der Waals surface area (Å²) in [6.07, 6.45) is 1.58. The maximum absolute atomic E-state index is 13.0. The van der Waals surface area contributed by atoms with Gasteiger partial charge in [0.25, 0.3) is 0 Å². The number of furan rings is 1. The van der Waals surface area contributed by atoms with E-state index >= 15 is 0 Å². The number of sulfonamides is 1. The van der Waals surface area contributed by atoms with Gasteiger partial charge in [0, 0.05) is 44.9 Å². The Kier molecular flexibility index (Phi) is 4.97. The number of nitrogens with zero attached hydrogens (tertiary/aromatic N) is 3. The Hall–Kier alpha value is -2.82. The first-order chi connectivity index (χ1) is 14.6. The highest BCUT2D eigenvalue weighted by Gasteiger charge is 2.30. The van der Waals surface area contributed by atoms with Crippen LogP contribution in [0.15, 0.2) is 56.5 Å². The fourth-order valence-electron chi connectivity index (χ4n) is 3.61. The number of benzene rings is 1. The van der Waals surface area contributed by atoms with Crippen LogP contribution in [0.3, 0.4) is 0 Å². The van der Waals surface area contributed by atoms with Crippen molar-refractivity contribution in [2.75, 3.05) is 39.4 Å². The molecule has 0 amide bonds. The smallest absolute Gasteiger partial charge is 0.243 e. The van der Waals surface area contributed by atoms with Crippen LogP contribution in [0.25, 0.3) is 11.5 Å². The van der Waals surface area contributed by atoms with E-state index in [1.807, 2.05) is 12.1 Å². The first-order valence-electron chi connectivity index (χ1n) is 9.71. The Bertz CT molecular complexity index is 1120. The molecule has 3 aromatic rings. The number of rotatable bonds is 5. The quantitative estimate of drug-likeness (QED) is 0.607. The second-order valence-corrected chi connectivity index (χ2v) is 9.08. The van der Waals surface area contributed by atoms with Gasteiger partial charge in [-0.05, 0) is 24.3 Å². The third-order valence-corrected chi connectivity index (χ3v) is 7.09. The number of fused-ring (bicyclic) bond motifs is 1. The highest BCUT2D eigenvalue weighted by molar-refractivity contribution is 7.89. The lowest BCUT2D eigenvalue weighted by atomic mass is 10.3. The van der Waals surface area contributed by atoms with Gasteiger partial charge in [0.05, 0.1) is 16.9 Å². The van der Waals surface area contributed by atoms with Crippen LogP contribution in [0.2, 0.25) is 0 Å². The zero-order valence-corrected chi connectivity index (χ0v) is 17.0. The minimum absolute atomic E-state index is 0.222. The third kappa shape index (κ3) is 3.69. The molecule has 9 nitrogen and oxygen atoms in total. The molecule has 0 radical (unpaired) electrons. The Balaban J connectivity index is 1.22. The van der Waals surface area contributed by atoms with Gasteiger partial charge in [-0.3, -0.25) is 4.90 Å². The van der Waals surface area contributed by atoms with Crippen LogP contribution >= 0.6 is 0 Å². The summed E-state index contributed by atoms with van der Waals surface area (Å²) >= 11 is 0. The molecule has 2 aliphatic rings. The monoisotopic (exact) mass is 431 g/mol. The molecule has 0 saturated carbocycles. The van der Waals surface area contributed by atoms with Crippen molar-refractivity contribution in [1.29, 1.82) is 0 Å². The Morgan fingerprint density at radius 1 is 0.933 bits per heavy atom. The van der Waals surface area contributed by atoms with E-state index in [1.165, 1.54) is 4.31 Å². The van der Waals surface area contributed by atoms with Crippen LogP contribution in [-0.2, 0) is 16.6 Å². The molecule has 2 aromatic heterocycles. The van der Waals surface area contributed by atoms with Crippen LogP contribution in [-0.4, -0.2) is 62.2 Å². The van der Waals surface area contributed by atoms with Crippen molar-refractivity contribution < 1.29 is 26.8 Å². The first kappa shape index (κ1) is 19.2. The number of piperazine rings is 1.